The molecule has 0 amide bonds. The van der Waals surface area contributed by atoms with Gasteiger partial charge in [-0.15, -0.1) is 0 Å². The molecule has 0 saturated heterocycles. The third-order valence-corrected chi connectivity index (χ3v) is 4.39. The van der Waals surface area contributed by atoms with Crippen molar-refractivity contribution < 1.29 is 4.42 Å². The van der Waals surface area contributed by atoms with Gasteiger partial charge in [0, 0.05) is 10.9 Å². The molecule has 3 nitrogen and oxygen atoms in total. The average Bonchev–Trinajstić information content (AvgIpc) is 2.71. The molecule has 4 heteroatoms. The van der Waals surface area contributed by atoms with Crippen molar-refractivity contribution in [2.45, 2.75) is 42.6 Å². The Kier molecular flexibility index (Phi) is 2.97. The van der Waals surface area contributed by atoms with Crippen LogP contribution >= 0.6 is 11.8 Å². The topological polar surface area (TPSA) is 52.0 Å². The Morgan fingerprint density at radius 3 is 2.88 bits per heavy atom. The van der Waals surface area contributed by atoms with Crippen LogP contribution < -0.4 is 5.73 Å². The molecular weight excluding hydrogens is 232 g/mol. The van der Waals surface area contributed by atoms with Crippen molar-refractivity contribution >= 4 is 28.5 Å². The molecule has 1 aromatic carbocycles. The first kappa shape index (κ1) is 11.0. The van der Waals surface area contributed by atoms with Crippen LogP contribution in [0.1, 0.15) is 32.1 Å². The molecule has 0 aliphatic heterocycles. The van der Waals surface area contributed by atoms with E-state index in [-0.39, 0.29) is 0 Å². The highest BCUT2D eigenvalue weighted by Gasteiger charge is 2.17. The average molecular weight is 248 g/mol. The van der Waals surface area contributed by atoms with Crippen molar-refractivity contribution in [2.75, 3.05) is 5.73 Å². The van der Waals surface area contributed by atoms with Crippen LogP contribution in [0.3, 0.4) is 0 Å². The summed E-state index contributed by atoms with van der Waals surface area (Å²) in [5.74, 6) is 0. The minimum absolute atomic E-state index is 0.675. The lowest BCUT2D eigenvalue weighted by Crippen LogP contribution is -2.07. The van der Waals surface area contributed by atoms with Crippen molar-refractivity contribution in [2.24, 2.45) is 0 Å². The molecule has 1 saturated carbocycles. The van der Waals surface area contributed by atoms with Gasteiger partial charge in [-0.25, -0.2) is 4.98 Å². The summed E-state index contributed by atoms with van der Waals surface area (Å²) in [6.07, 6.45) is 6.62. The summed E-state index contributed by atoms with van der Waals surface area (Å²) in [6.45, 7) is 0. The van der Waals surface area contributed by atoms with Crippen LogP contribution in [0.25, 0.3) is 11.1 Å². The number of rotatable bonds is 2. The molecule has 1 aromatic heterocycles. The fourth-order valence-electron chi connectivity index (χ4n) is 2.30. The van der Waals surface area contributed by atoms with Gasteiger partial charge in [-0.1, -0.05) is 31.0 Å². The molecule has 1 aliphatic carbocycles. The monoisotopic (exact) mass is 248 g/mol. The maximum absolute atomic E-state index is 5.73. The highest BCUT2D eigenvalue weighted by molar-refractivity contribution is 7.99. The van der Waals surface area contributed by atoms with Gasteiger partial charge in [0.25, 0.3) is 5.22 Å². The van der Waals surface area contributed by atoms with Crippen molar-refractivity contribution in [3.05, 3.63) is 18.2 Å². The second kappa shape index (κ2) is 4.61. The van der Waals surface area contributed by atoms with Gasteiger partial charge in [-0.3, -0.25) is 0 Å². The standard InChI is InChI=1S/C13H16N2OS/c14-9-6-7-12-11(8-9)15-13(16-12)17-10-4-2-1-3-5-10/h6-8,10H,1-5,14H2. The molecule has 1 fully saturated rings. The van der Waals surface area contributed by atoms with Gasteiger partial charge >= 0.3 is 0 Å². The van der Waals surface area contributed by atoms with Crippen LogP contribution in [-0.2, 0) is 0 Å². The zero-order chi connectivity index (χ0) is 11.7. The Labute approximate surface area is 105 Å². The van der Waals surface area contributed by atoms with E-state index >= 15 is 0 Å². The third kappa shape index (κ3) is 2.41. The Bertz CT molecular complexity index is 517. The molecule has 1 aliphatic rings. The normalized spacial score (nSPS) is 17.6. The highest BCUT2D eigenvalue weighted by atomic mass is 32.2. The third-order valence-electron chi connectivity index (χ3n) is 3.21. The van der Waals surface area contributed by atoms with E-state index in [0.29, 0.717) is 5.25 Å². The summed E-state index contributed by atoms with van der Waals surface area (Å²) in [5.41, 5.74) is 8.16. The number of nitrogens with two attached hydrogens (primary N) is 1. The van der Waals surface area contributed by atoms with E-state index in [0.717, 1.165) is 22.0 Å². The summed E-state index contributed by atoms with van der Waals surface area (Å²) in [7, 11) is 0. The molecule has 90 valence electrons. The predicted octanol–water partition coefficient (Wildman–Crippen LogP) is 3.83. The van der Waals surface area contributed by atoms with E-state index in [1.807, 2.05) is 18.2 Å². The van der Waals surface area contributed by atoms with Crippen LogP contribution in [0.15, 0.2) is 27.8 Å². The molecule has 2 N–H and O–H groups in total. The molecule has 2 aromatic rings. The number of nitrogen functional groups attached to an aromatic ring is 1. The number of benzene rings is 1. The second-order valence-corrected chi connectivity index (χ2v) is 5.84. The van der Waals surface area contributed by atoms with Gasteiger partial charge < -0.3 is 10.2 Å². The molecule has 17 heavy (non-hydrogen) atoms. The smallest absolute Gasteiger partial charge is 0.257 e. The Hall–Kier alpha value is -1.16. The number of hydrogen-bond donors (Lipinski definition) is 1. The predicted molar refractivity (Wildman–Crippen MR) is 71.2 cm³/mol. The summed E-state index contributed by atoms with van der Waals surface area (Å²) in [6, 6.07) is 5.61. The van der Waals surface area contributed by atoms with Crippen molar-refractivity contribution in [1.29, 1.82) is 0 Å². The van der Waals surface area contributed by atoms with Crippen molar-refractivity contribution in [3.8, 4) is 0 Å². The van der Waals surface area contributed by atoms with E-state index in [1.165, 1.54) is 32.1 Å². The lowest BCUT2D eigenvalue weighted by molar-refractivity contribution is 0.477. The number of oxazole rings is 1. The number of hydrogen-bond acceptors (Lipinski definition) is 4. The van der Waals surface area contributed by atoms with E-state index in [4.69, 9.17) is 10.2 Å². The fourth-order valence-corrected chi connectivity index (χ4v) is 3.44. The van der Waals surface area contributed by atoms with Gasteiger partial charge in [-0.05, 0) is 31.0 Å². The molecule has 0 unspecified atom stereocenters. The SMILES string of the molecule is Nc1ccc2oc(SC3CCCCC3)nc2c1. The summed E-state index contributed by atoms with van der Waals surface area (Å²) in [5, 5.41) is 1.46. The number of nitrogens with zero attached hydrogens (tertiary/aromatic N) is 1. The lowest BCUT2D eigenvalue weighted by Gasteiger charge is -2.18. The summed E-state index contributed by atoms with van der Waals surface area (Å²) in [4.78, 5) is 4.48. The molecule has 1 heterocycles. The molecule has 0 radical (unpaired) electrons. The molecular formula is C13H16N2OS. The number of aromatic nitrogens is 1. The lowest BCUT2D eigenvalue weighted by atomic mass is 10.0. The van der Waals surface area contributed by atoms with Crippen molar-refractivity contribution in [3.63, 3.8) is 0 Å². The second-order valence-electron chi connectivity index (χ2n) is 4.58. The minimum Gasteiger partial charge on any atom is -0.431 e. The quantitative estimate of drug-likeness (QED) is 0.820. The minimum atomic E-state index is 0.675. The van der Waals surface area contributed by atoms with E-state index in [2.05, 4.69) is 4.98 Å². The fraction of sp³-hybridized carbons (Fsp3) is 0.462. The maximum atomic E-state index is 5.73. The van der Waals surface area contributed by atoms with Gasteiger partial charge in [0.2, 0.25) is 0 Å². The van der Waals surface area contributed by atoms with Gasteiger partial charge in [0.05, 0.1) is 0 Å². The maximum Gasteiger partial charge on any atom is 0.257 e. The highest BCUT2D eigenvalue weighted by Crippen LogP contribution is 2.34. The Balaban J connectivity index is 1.80. The molecule has 0 bridgehead atoms. The number of anilines is 1. The van der Waals surface area contributed by atoms with Gasteiger partial charge in [0.1, 0.15) is 5.52 Å². The van der Waals surface area contributed by atoms with Crippen LogP contribution in [-0.4, -0.2) is 10.2 Å². The van der Waals surface area contributed by atoms with Gasteiger partial charge in [-0.2, -0.15) is 0 Å². The van der Waals surface area contributed by atoms with Crippen LogP contribution in [0, 0.1) is 0 Å². The Morgan fingerprint density at radius 2 is 2.06 bits per heavy atom. The van der Waals surface area contributed by atoms with Gasteiger partial charge in [0.15, 0.2) is 5.58 Å². The van der Waals surface area contributed by atoms with Crippen LogP contribution in [0.4, 0.5) is 5.69 Å². The first-order valence-electron chi connectivity index (χ1n) is 6.14. The molecule has 0 spiro atoms. The number of thioether (sulfide) groups is 1. The number of fused-ring (bicyclic) bond motifs is 1. The summed E-state index contributed by atoms with van der Waals surface area (Å²) < 4.78 is 5.72. The van der Waals surface area contributed by atoms with E-state index in [9.17, 15) is 0 Å². The van der Waals surface area contributed by atoms with Crippen LogP contribution in [0.2, 0.25) is 0 Å². The summed E-state index contributed by atoms with van der Waals surface area (Å²) >= 11 is 1.78. The molecule has 3 rings (SSSR count). The first-order chi connectivity index (χ1) is 8.31. The van der Waals surface area contributed by atoms with Crippen LogP contribution in [0.5, 0.6) is 0 Å². The first-order valence-corrected chi connectivity index (χ1v) is 7.02. The molecule has 0 atom stereocenters. The zero-order valence-corrected chi connectivity index (χ0v) is 10.5. The Morgan fingerprint density at radius 1 is 1.24 bits per heavy atom. The van der Waals surface area contributed by atoms with Crippen molar-refractivity contribution in [1.82, 2.24) is 4.98 Å². The zero-order valence-electron chi connectivity index (χ0n) is 9.69. The van der Waals surface area contributed by atoms with E-state index in [1.54, 1.807) is 11.8 Å². The van der Waals surface area contributed by atoms with E-state index < -0.39 is 0 Å². The largest absolute Gasteiger partial charge is 0.431 e.